The highest BCUT2D eigenvalue weighted by molar-refractivity contribution is 6.06. The largest absolute Gasteiger partial charge is 0.380 e. The van der Waals surface area contributed by atoms with Gasteiger partial charge in [-0.2, -0.15) is 5.10 Å². The van der Waals surface area contributed by atoms with Gasteiger partial charge in [-0.25, -0.2) is 9.97 Å². The van der Waals surface area contributed by atoms with Crippen molar-refractivity contribution in [1.82, 2.24) is 29.5 Å². The molecule has 3 fully saturated rings. The Morgan fingerprint density at radius 3 is 2.49 bits per heavy atom. The molecule has 1 amide bonds. The van der Waals surface area contributed by atoms with Crippen LogP contribution in [0.4, 0.5) is 0 Å². The number of hydrogen-bond donors (Lipinski definition) is 0. The number of carbonyl (C=O) groups is 2. The van der Waals surface area contributed by atoms with Crippen LogP contribution in [0.15, 0.2) is 24.5 Å². The third kappa shape index (κ3) is 4.34. The molecule has 1 aromatic carbocycles. The fraction of sp³-hybridized carbons (Fsp3) is 0.536. The number of benzene rings is 1. The van der Waals surface area contributed by atoms with E-state index >= 15 is 0 Å². The Hall–Kier alpha value is -3.17. The third-order valence-corrected chi connectivity index (χ3v) is 8.20. The summed E-state index contributed by atoms with van der Waals surface area (Å²) in [7, 11) is 0. The number of ketones is 1. The van der Waals surface area contributed by atoms with Crippen LogP contribution in [0.1, 0.15) is 42.1 Å². The number of likely N-dealkylation sites (tertiary alicyclic amines) is 2. The quantitative estimate of drug-likeness (QED) is 0.479. The van der Waals surface area contributed by atoms with Crippen molar-refractivity contribution in [3.05, 3.63) is 41.6 Å². The molecule has 0 bridgehead atoms. The lowest BCUT2D eigenvalue weighted by molar-refractivity contribution is -0.190. The van der Waals surface area contributed by atoms with E-state index in [1.165, 1.54) is 6.92 Å². The Balaban J connectivity index is 1.21. The van der Waals surface area contributed by atoms with Crippen LogP contribution in [-0.4, -0.2) is 86.7 Å². The first-order chi connectivity index (χ1) is 17.7. The second kappa shape index (κ2) is 8.99. The summed E-state index contributed by atoms with van der Waals surface area (Å²) in [6.45, 7) is 13.5. The smallest absolute Gasteiger partial charge is 0.244 e. The van der Waals surface area contributed by atoms with E-state index in [0.29, 0.717) is 22.9 Å². The van der Waals surface area contributed by atoms with Crippen LogP contribution in [0.5, 0.6) is 0 Å². The second-order valence-corrected chi connectivity index (χ2v) is 11.4. The molecule has 0 radical (unpaired) electrons. The molecular weight excluding hydrogens is 468 g/mol. The van der Waals surface area contributed by atoms with Gasteiger partial charge in [0.1, 0.15) is 18.1 Å². The lowest BCUT2D eigenvalue weighted by Gasteiger charge is -2.55. The maximum absolute atomic E-state index is 13.5. The van der Waals surface area contributed by atoms with E-state index in [1.54, 1.807) is 17.1 Å². The summed E-state index contributed by atoms with van der Waals surface area (Å²) in [4.78, 5) is 39.1. The lowest BCUT2D eigenvalue weighted by Crippen LogP contribution is -2.66. The van der Waals surface area contributed by atoms with Gasteiger partial charge in [-0.3, -0.25) is 14.3 Å². The zero-order valence-electron chi connectivity index (χ0n) is 22.0. The summed E-state index contributed by atoms with van der Waals surface area (Å²) in [6.07, 6.45) is 4.59. The average molecular weight is 503 g/mol. The number of Topliss-reactive ketones (excluding diaryl/α,β-unsaturated/α-hetero) is 1. The molecule has 2 atom stereocenters. The van der Waals surface area contributed by atoms with E-state index in [1.807, 2.05) is 30.9 Å². The highest BCUT2D eigenvalue weighted by Crippen LogP contribution is 2.39. The zero-order chi connectivity index (χ0) is 25.9. The van der Waals surface area contributed by atoms with Crippen molar-refractivity contribution in [3.8, 4) is 11.1 Å². The van der Waals surface area contributed by atoms with E-state index in [-0.39, 0.29) is 24.3 Å². The Labute approximate surface area is 216 Å². The minimum absolute atomic E-state index is 0.0531. The minimum Gasteiger partial charge on any atom is -0.380 e. The first kappa shape index (κ1) is 24.2. The average Bonchev–Trinajstić information content (AvgIpc) is 3.35. The molecule has 194 valence electrons. The van der Waals surface area contributed by atoms with E-state index in [4.69, 9.17) is 4.74 Å². The minimum atomic E-state index is -0.119. The normalized spacial score (nSPS) is 22.9. The first-order valence-electron chi connectivity index (χ1n) is 13.1. The summed E-state index contributed by atoms with van der Waals surface area (Å²) in [6, 6.07) is 4.20. The number of ether oxygens (including phenoxy) is 1. The number of carbonyl (C=O) groups excluding carboxylic acids is 2. The van der Waals surface area contributed by atoms with Gasteiger partial charge in [-0.05, 0) is 56.4 Å². The number of amides is 1. The number of rotatable bonds is 6. The van der Waals surface area contributed by atoms with E-state index in [2.05, 4.69) is 26.9 Å². The monoisotopic (exact) mass is 502 g/mol. The van der Waals surface area contributed by atoms with Gasteiger partial charge in [0.2, 0.25) is 5.91 Å². The van der Waals surface area contributed by atoms with Crippen molar-refractivity contribution in [2.75, 3.05) is 39.4 Å². The van der Waals surface area contributed by atoms with E-state index in [9.17, 15) is 9.59 Å². The molecule has 3 aromatic rings. The van der Waals surface area contributed by atoms with Gasteiger partial charge in [0.15, 0.2) is 5.78 Å². The highest BCUT2D eigenvalue weighted by atomic mass is 16.5. The SMILES string of the molecule is CC(=O)c1nn(CC(=O)N2CC(CN3CC4(COC4)C3)CC2C)c2c(C)cc(-c3cnc(C)nc3)cc12. The Morgan fingerprint density at radius 2 is 1.84 bits per heavy atom. The second-order valence-electron chi connectivity index (χ2n) is 11.4. The Morgan fingerprint density at radius 1 is 1.11 bits per heavy atom. The molecule has 5 heterocycles. The van der Waals surface area contributed by atoms with Gasteiger partial charge in [-0.1, -0.05) is 0 Å². The molecule has 2 unspecified atom stereocenters. The van der Waals surface area contributed by atoms with Crippen molar-refractivity contribution in [3.63, 3.8) is 0 Å². The predicted octanol–water partition coefficient (Wildman–Crippen LogP) is 2.88. The van der Waals surface area contributed by atoms with Gasteiger partial charge >= 0.3 is 0 Å². The molecule has 3 aliphatic rings. The number of hydrogen-bond acceptors (Lipinski definition) is 7. The third-order valence-electron chi connectivity index (χ3n) is 8.20. The maximum Gasteiger partial charge on any atom is 0.244 e. The Bertz CT molecular complexity index is 1370. The summed E-state index contributed by atoms with van der Waals surface area (Å²) >= 11 is 0. The van der Waals surface area contributed by atoms with Crippen LogP contribution in [0.25, 0.3) is 22.0 Å². The fourth-order valence-electron chi connectivity index (χ4n) is 6.42. The first-order valence-corrected chi connectivity index (χ1v) is 13.1. The van der Waals surface area contributed by atoms with Crippen molar-refractivity contribution in [2.45, 2.75) is 46.7 Å². The molecule has 2 aromatic heterocycles. The molecule has 0 aliphatic carbocycles. The fourth-order valence-corrected chi connectivity index (χ4v) is 6.42. The van der Waals surface area contributed by atoms with Crippen molar-refractivity contribution >= 4 is 22.6 Å². The molecule has 3 aliphatic heterocycles. The Kier molecular flexibility index (Phi) is 5.88. The number of aromatic nitrogens is 4. The van der Waals surface area contributed by atoms with Crippen LogP contribution >= 0.6 is 0 Å². The summed E-state index contributed by atoms with van der Waals surface area (Å²) in [5.41, 5.74) is 4.39. The summed E-state index contributed by atoms with van der Waals surface area (Å²) in [5, 5.41) is 5.38. The van der Waals surface area contributed by atoms with E-state index in [0.717, 1.165) is 73.4 Å². The molecule has 0 N–H and O–H groups in total. The summed E-state index contributed by atoms with van der Waals surface area (Å²) < 4.78 is 7.11. The topological polar surface area (TPSA) is 93.5 Å². The lowest BCUT2D eigenvalue weighted by atomic mass is 9.77. The van der Waals surface area contributed by atoms with E-state index < -0.39 is 0 Å². The van der Waals surface area contributed by atoms with Gasteiger partial charge in [-0.15, -0.1) is 0 Å². The van der Waals surface area contributed by atoms with Crippen LogP contribution in [0.3, 0.4) is 0 Å². The molecule has 9 heteroatoms. The van der Waals surface area contributed by atoms with Crippen molar-refractivity contribution in [1.29, 1.82) is 0 Å². The van der Waals surface area contributed by atoms with Crippen LogP contribution in [0, 0.1) is 25.2 Å². The molecule has 37 heavy (non-hydrogen) atoms. The van der Waals surface area contributed by atoms with Gasteiger partial charge < -0.3 is 14.5 Å². The zero-order valence-corrected chi connectivity index (χ0v) is 22.0. The number of aryl methyl sites for hydroxylation is 2. The van der Waals surface area contributed by atoms with Crippen LogP contribution in [0.2, 0.25) is 0 Å². The molecule has 9 nitrogen and oxygen atoms in total. The van der Waals surface area contributed by atoms with Crippen LogP contribution in [-0.2, 0) is 16.1 Å². The maximum atomic E-state index is 13.5. The standard InChI is InChI=1S/C28H34N6O3/c1-17-5-22(23-8-29-20(4)30-9-23)7-24-26(19(3)35)31-34(27(17)24)12-25(36)33-11-21(6-18(33)2)10-32-13-28(14-32)15-37-16-28/h5,7-9,18,21H,6,10-16H2,1-4H3. The van der Waals surface area contributed by atoms with Crippen molar-refractivity contribution in [2.24, 2.45) is 11.3 Å². The predicted molar refractivity (Wildman–Crippen MR) is 139 cm³/mol. The number of fused-ring (bicyclic) bond motifs is 1. The summed E-state index contributed by atoms with van der Waals surface area (Å²) in [5.74, 6) is 1.13. The van der Waals surface area contributed by atoms with Gasteiger partial charge in [0.25, 0.3) is 0 Å². The van der Waals surface area contributed by atoms with Crippen LogP contribution < -0.4 is 0 Å². The molecule has 3 saturated heterocycles. The highest BCUT2D eigenvalue weighted by Gasteiger charge is 2.49. The number of nitrogens with zero attached hydrogens (tertiary/aromatic N) is 6. The molecule has 1 spiro atoms. The van der Waals surface area contributed by atoms with Gasteiger partial charge in [0, 0.05) is 67.9 Å². The van der Waals surface area contributed by atoms with Gasteiger partial charge in [0.05, 0.1) is 18.7 Å². The molecule has 0 saturated carbocycles. The van der Waals surface area contributed by atoms with Crippen molar-refractivity contribution < 1.29 is 14.3 Å². The molecule has 6 rings (SSSR count). The molecular formula is C28H34N6O3.